The molecule has 0 bridgehead atoms. The number of amides is 1. The van der Waals surface area contributed by atoms with Gasteiger partial charge in [0, 0.05) is 25.3 Å². The number of benzene rings is 1. The van der Waals surface area contributed by atoms with Crippen LogP contribution in [0.1, 0.15) is 37.8 Å². The standard InChI is InChI=1S/C19H29N3OS/c1-13(2)11-20-18(23)16-6-5-7-22(12-16)19(24)21-17-9-14(3)8-15(4)10-17/h8-10,13,16H,5-7,11-12H2,1-4H3,(H,20,23)(H,21,24). The van der Waals surface area contributed by atoms with Gasteiger partial charge in [-0.15, -0.1) is 0 Å². The molecule has 1 aromatic rings. The van der Waals surface area contributed by atoms with Crippen LogP contribution >= 0.6 is 12.2 Å². The van der Waals surface area contributed by atoms with E-state index in [4.69, 9.17) is 12.2 Å². The first-order chi connectivity index (χ1) is 11.3. The first-order valence-corrected chi connectivity index (χ1v) is 9.18. The number of hydrogen-bond acceptors (Lipinski definition) is 2. The fraction of sp³-hybridized carbons (Fsp3) is 0.579. The van der Waals surface area contributed by atoms with Crippen LogP contribution in [0.4, 0.5) is 5.69 Å². The van der Waals surface area contributed by atoms with E-state index in [0.29, 0.717) is 17.6 Å². The Balaban J connectivity index is 1.93. The lowest BCUT2D eigenvalue weighted by Crippen LogP contribution is -2.47. The van der Waals surface area contributed by atoms with E-state index in [-0.39, 0.29) is 11.8 Å². The van der Waals surface area contributed by atoms with Crippen LogP contribution in [-0.2, 0) is 4.79 Å². The summed E-state index contributed by atoms with van der Waals surface area (Å²) in [6.45, 7) is 10.7. The number of thiocarbonyl (C=S) groups is 1. The number of piperidine rings is 1. The van der Waals surface area contributed by atoms with E-state index in [9.17, 15) is 4.79 Å². The van der Waals surface area contributed by atoms with Crippen molar-refractivity contribution >= 4 is 28.9 Å². The van der Waals surface area contributed by atoms with Gasteiger partial charge in [-0.2, -0.15) is 0 Å². The minimum atomic E-state index is 0.0245. The molecule has 24 heavy (non-hydrogen) atoms. The Kier molecular flexibility index (Phi) is 6.60. The van der Waals surface area contributed by atoms with Crippen molar-refractivity contribution in [1.82, 2.24) is 10.2 Å². The SMILES string of the molecule is Cc1cc(C)cc(NC(=S)N2CCCC(C(=O)NCC(C)C)C2)c1. The molecular formula is C19H29N3OS. The number of anilines is 1. The van der Waals surface area contributed by atoms with Crippen LogP contribution in [0.15, 0.2) is 18.2 Å². The summed E-state index contributed by atoms with van der Waals surface area (Å²) in [6.07, 6.45) is 1.93. The topological polar surface area (TPSA) is 44.4 Å². The van der Waals surface area contributed by atoms with Gasteiger partial charge in [-0.05, 0) is 68.1 Å². The zero-order chi connectivity index (χ0) is 17.7. The Bertz CT molecular complexity index is 580. The summed E-state index contributed by atoms with van der Waals surface area (Å²) < 4.78 is 0. The van der Waals surface area contributed by atoms with Crippen LogP contribution in [0.5, 0.6) is 0 Å². The van der Waals surface area contributed by atoms with Crippen molar-refractivity contribution < 1.29 is 4.79 Å². The maximum Gasteiger partial charge on any atom is 0.224 e. The van der Waals surface area contributed by atoms with Gasteiger partial charge in [0.25, 0.3) is 0 Å². The molecule has 1 atom stereocenters. The first-order valence-electron chi connectivity index (χ1n) is 8.77. The zero-order valence-electron chi connectivity index (χ0n) is 15.2. The number of carbonyl (C=O) groups excluding carboxylic acids is 1. The first kappa shape index (κ1) is 18.7. The molecule has 1 aliphatic rings. The highest BCUT2D eigenvalue weighted by molar-refractivity contribution is 7.80. The molecule has 1 amide bonds. The molecule has 1 aromatic carbocycles. The Hall–Kier alpha value is -1.62. The van der Waals surface area contributed by atoms with Gasteiger partial charge in [-0.25, -0.2) is 0 Å². The van der Waals surface area contributed by atoms with Crippen LogP contribution in [0.2, 0.25) is 0 Å². The van der Waals surface area contributed by atoms with Crippen molar-refractivity contribution in [2.24, 2.45) is 11.8 Å². The fourth-order valence-electron chi connectivity index (χ4n) is 3.07. The number of likely N-dealkylation sites (tertiary alicyclic amines) is 1. The van der Waals surface area contributed by atoms with Crippen LogP contribution in [0.3, 0.4) is 0 Å². The third-order valence-corrected chi connectivity index (χ3v) is 4.60. The molecule has 2 rings (SSSR count). The van der Waals surface area contributed by atoms with Crippen LogP contribution in [-0.4, -0.2) is 35.6 Å². The minimum absolute atomic E-state index is 0.0245. The molecule has 1 unspecified atom stereocenters. The number of rotatable bonds is 4. The molecule has 0 radical (unpaired) electrons. The summed E-state index contributed by atoms with van der Waals surface area (Å²) in [5, 5.41) is 7.08. The molecule has 132 valence electrons. The van der Waals surface area contributed by atoms with E-state index in [1.807, 2.05) is 0 Å². The third kappa shape index (κ3) is 5.48. The van der Waals surface area contributed by atoms with E-state index in [2.05, 4.69) is 61.4 Å². The number of hydrogen-bond donors (Lipinski definition) is 2. The Labute approximate surface area is 151 Å². The van der Waals surface area contributed by atoms with Gasteiger partial charge in [-0.1, -0.05) is 19.9 Å². The third-order valence-electron chi connectivity index (χ3n) is 4.24. The summed E-state index contributed by atoms with van der Waals surface area (Å²) in [4.78, 5) is 14.4. The predicted octanol–water partition coefficient (Wildman–Crippen LogP) is 3.48. The van der Waals surface area contributed by atoms with Crippen molar-refractivity contribution in [3.63, 3.8) is 0 Å². The second kappa shape index (κ2) is 8.47. The Morgan fingerprint density at radius 2 is 1.96 bits per heavy atom. The van der Waals surface area contributed by atoms with Crippen molar-refractivity contribution in [2.45, 2.75) is 40.5 Å². The second-order valence-corrected chi connectivity index (χ2v) is 7.62. The van der Waals surface area contributed by atoms with E-state index in [1.54, 1.807) is 0 Å². The highest BCUT2D eigenvalue weighted by Gasteiger charge is 2.27. The molecule has 0 aliphatic carbocycles. The van der Waals surface area contributed by atoms with Crippen LogP contribution in [0.25, 0.3) is 0 Å². The summed E-state index contributed by atoms with van der Waals surface area (Å²) in [5.74, 6) is 0.653. The van der Waals surface area contributed by atoms with Crippen LogP contribution in [0, 0.1) is 25.7 Å². The molecule has 0 spiro atoms. The van der Waals surface area contributed by atoms with E-state index in [1.165, 1.54) is 11.1 Å². The largest absolute Gasteiger partial charge is 0.356 e. The maximum absolute atomic E-state index is 12.3. The number of carbonyl (C=O) groups is 1. The predicted molar refractivity (Wildman–Crippen MR) is 104 cm³/mol. The quantitative estimate of drug-likeness (QED) is 0.819. The van der Waals surface area contributed by atoms with Crippen molar-refractivity contribution in [3.05, 3.63) is 29.3 Å². The zero-order valence-corrected chi connectivity index (χ0v) is 16.0. The van der Waals surface area contributed by atoms with Gasteiger partial charge in [0.1, 0.15) is 0 Å². The molecule has 1 saturated heterocycles. The van der Waals surface area contributed by atoms with E-state index in [0.717, 1.165) is 31.6 Å². The van der Waals surface area contributed by atoms with Crippen LogP contribution < -0.4 is 10.6 Å². The molecule has 1 heterocycles. The van der Waals surface area contributed by atoms with E-state index < -0.39 is 0 Å². The van der Waals surface area contributed by atoms with Gasteiger partial charge in [0.2, 0.25) is 5.91 Å². The Morgan fingerprint density at radius 1 is 1.29 bits per heavy atom. The molecule has 0 aromatic heterocycles. The lowest BCUT2D eigenvalue weighted by atomic mass is 9.97. The van der Waals surface area contributed by atoms with Gasteiger partial charge in [-0.3, -0.25) is 4.79 Å². The normalized spacial score (nSPS) is 17.7. The smallest absolute Gasteiger partial charge is 0.224 e. The summed E-state index contributed by atoms with van der Waals surface area (Å²) in [5.41, 5.74) is 3.44. The fourth-order valence-corrected chi connectivity index (χ4v) is 3.36. The van der Waals surface area contributed by atoms with Crippen molar-refractivity contribution in [3.8, 4) is 0 Å². The van der Waals surface area contributed by atoms with Gasteiger partial charge in [0.15, 0.2) is 5.11 Å². The van der Waals surface area contributed by atoms with Crippen molar-refractivity contribution in [2.75, 3.05) is 25.0 Å². The molecule has 4 nitrogen and oxygen atoms in total. The summed E-state index contributed by atoms with van der Waals surface area (Å²) >= 11 is 5.57. The lowest BCUT2D eigenvalue weighted by Gasteiger charge is -2.34. The maximum atomic E-state index is 12.3. The molecule has 1 aliphatic heterocycles. The molecular weight excluding hydrogens is 318 g/mol. The lowest BCUT2D eigenvalue weighted by molar-refractivity contribution is -0.126. The number of aryl methyl sites for hydroxylation is 2. The summed E-state index contributed by atoms with van der Waals surface area (Å²) in [6, 6.07) is 6.33. The van der Waals surface area contributed by atoms with Crippen molar-refractivity contribution in [1.29, 1.82) is 0 Å². The monoisotopic (exact) mass is 347 g/mol. The molecule has 1 fully saturated rings. The van der Waals surface area contributed by atoms with Gasteiger partial charge < -0.3 is 15.5 Å². The Morgan fingerprint density at radius 3 is 2.58 bits per heavy atom. The van der Waals surface area contributed by atoms with Gasteiger partial charge >= 0.3 is 0 Å². The molecule has 2 N–H and O–H groups in total. The van der Waals surface area contributed by atoms with Gasteiger partial charge in [0.05, 0.1) is 5.92 Å². The molecule has 5 heteroatoms. The van der Waals surface area contributed by atoms with E-state index >= 15 is 0 Å². The number of nitrogens with zero attached hydrogens (tertiary/aromatic N) is 1. The summed E-state index contributed by atoms with van der Waals surface area (Å²) in [7, 11) is 0. The second-order valence-electron chi connectivity index (χ2n) is 7.23. The number of nitrogens with one attached hydrogen (secondary N) is 2. The molecule has 0 saturated carbocycles. The highest BCUT2D eigenvalue weighted by Crippen LogP contribution is 2.19. The average molecular weight is 348 g/mol. The minimum Gasteiger partial charge on any atom is -0.356 e. The highest BCUT2D eigenvalue weighted by atomic mass is 32.1. The average Bonchev–Trinajstić information content (AvgIpc) is 2.51.